The second-order valence-electron chi connectivity index (χ2n) is 5.32. The van der Waals surface area contributed by atoms with Crippen molar-refractivity contribution >= 4 is 12.4 Å². The molecule has 0 spiro atoms. The Bertz CT molecular complexity index is 793. The summed E-state index contributed by atoms with van der Waals surface area (Å²) in [4.78, 5) is 0. The van der Waals surface area contributed by atoms with Gasteiger partial charge in [-0.3, -0.25) is 0 Å². The molecule has 4 heteroatoms. The third kappa shape index (κ3) is 4.34. The van der Waals surface area contributed by atoms with E-state index in [2.05, 4.69) is 0 Å². The van der Waals surface area contributed by atoms with Crippen LogP contribution in [0.15, 0.2) is 72.8 Å². The van der Waals surface area contributed by atoms with Gasteiger partial charge in [0.2, 0.25) is 0 Å². The van der Waals surface area contributed by atoms with Gasteiger partial charge in [0.05, 0.1) is 0 Å². The summed E-state index contributed by atoms with van der Waals surface area (Å²) in [6, 6.07) is 22.3. The van der Waals surface area contributed by atoms with Crippen LogP contribution in [0.1, 0.15) is 11.1 Å². The van der Waals surface area contributed by atoms with Crippen LogP contribution < -0.4 is 10.5 Å². The number of halogens is 2. The fourth-order valence-electron chi connectivity index (χ4n) is 2.41. The molecule has 2 nitrogen and oxygen atoms in total. The van der Waals surface area contributed by atoms with Gasteiger partial charge in [-0.2, -0.15) is 0 Å². The molecule has 124 valence electrons. The first kappa shape index (κ1) is 18.0. The van der Waals surface area contributed by atoms with Crippen molar-refractivity contribution in [2.75, 3.05) is 0 Å². The number of hydrogen-bond donors (Lipinski definition) is 1. The normalized spacial score (nSPS) is 10.1. The highest BCUT2D eigenvalue weighted by atomic mass is 35.5. The molecule has 2 N–H and O–H groups in total. The van der Waals surface area contributed by atoms with Crippen molar-refractivity contribution < 1.29 is 9.13 Å². The van der Waals surface area contributed by atoms with Crippen LogP contribution >= 0.6 is 12.4 Å². The van der Waals surface area contributed by atoms with E-state index in [1.807, 2.05) is 54.6 Å². The fourth-order valence-corrected chi connectivity index (χ4v) is 2.41. The zero-order valence-corrected chi connectivity index (χ0v) is 13.9. The average Bonchev–Trinajstić information content (AvgIpc) is 2.61. The highest BCUT2D eigenvalue weighted by Crippen LogP contribution is 2.27. The lowest BCUT2D eigenvalue weighted by Gasteiger charge is -2.10. The Morgan fingerprint density at radius 3 is 2.38 bits per heavy atom. The maximum atomic E-state index is 14.1. The summed E-state index contributed by atoms with van der Waals surface area (Å²) in [5.41, 5.74) is 8.95. The van der Waals surface area contributed by atoms with Crippen LogP contribution in [0.2, 0.25) is 0 Å². The van der Waals surface area contributed by atoms with Crippen molar-refractivity contribution in [2.24, 2.45) is 5.73 Å². The van der Waals surface area contributed by atoms with Crippen LogP contribution in [0, 0.1) is 5.82 Å². The van der Waals surface area contributed by atoms with Crippen LogP contribution in [-0.2, 0) is 13.2 Å². The topological polar surface area (TPSA) is 35.2 Å². The van der Waals surface area contributed by atoms with E-state index >= 15 is 0 Å². The molecule has 3 aromatic carbocycles. The van der Waals surface area contributed by atoms with E-state index in [-0.39, 0.29) is 18.2 Å². The molecule has 3 rings (SSSR count). The van der Waals surface area contributed by atoms with Gasteiger partial charge in [-0.05, 0) is 41.0 Å². The Kier molecular flexibility index (Phi) is 6.36. The quantitative estimate of drug-likeness (QED) is 0.711. The summed E-state index contributed by atoms with van der Waals surface area (Å²) in [6.45, 7) is 0.868. The van der Waals surface area contributed by atoms with Crippen LogP contribution in [0.5, 0.6) is 5.75 Å². The molecule has 0 atom stereocenters. The highest BCUT2D eigenvalue weighted by Gasteiger charge is 2.07. The van der Waals surface area contributed by atoms with Gasteiger partial charge < -0.3 is 10.5 Å². The molecule has 0 saturated carbocycles. The molecule has 0 aliphatic heterocycles. The molecular formula is C20H19ClFNO. The number of ether oxygens (including phenoxy) is 1. The van der Waals surface area contributed by atoms with Crippen molar-refractivity contribution in [3.05, 3.63) is 89.7 Å². The largest absolute Gasteiger partial charge is 0.489 e. The minimum Gasteiger partial charge on any atom is -0.489 e. The van der Waals surface area contributed by atoms with Crippen molar-refractivity contribution in [2.45, 2.75) is 13.2 Å². The number of rotatable bonds is 5. The summed E-state index contributed by atoms with van der Waals surface area (Å²) in [5.74, 6) is 0.450. The van der Waals surface area contributed by atoms with Crippen LogP contribution in [0.4, 0.5) is 4.39 Å². The summed E-state index contributed by atoms with van der Waals surface area (Å²) in [5, 5.41) is 0. The maximum absolute atomic E-state index is 14.1. The number of benzene rings is 3. The predicted octanol–water partition coefficient (Wildman–Crippen LogP) is 4.95. The van der Waals surface area contributed by atoms with E-state index in [1.54, 1.807) is 12.1 Å². The lowest BCUT2D eigenvalue weighted by Crippen LogP contribution is -1.98. The van der Waals surface area contributed by atoms with Crippen molar-refractivity contribution in [1.29, 1.82) is 0 Å². The first-order valence-corrected chi connectivity index (χ1v) is 7.52. The molecule has 0 aromatic heterocycles. The second-order valence-corrected chi connectivity index (χ2v) is 5.32. The molecule has 0 amide bonds. The number of nitrogens with two attached hydrogens (primary N) is 1. The van der Waals surface area contributed by atoms with Gasteiger partial charge in [0, 0.05) is 12.1 Å². The fraction of sp³-hybridized carbons (Fsp3) is 0.100. The third-order valence-electron chi connectivity index (χ3n) is 3.66. The van der Waals surface area contributed by atoms with Crippen molar-refractivity contribution in [1.82, 2.24) is 0 Å². The maximum Gasteiger partial charge on any atom is 0.131 e. The molecule has 0 radical (unpaired) electrons. The summed E-state index contributed by atoms with van der Waals surface area (Å²) in [6.07, 6.45) is 0. The Morgan fingerprint density at radius 2 is 1.62 bits per heavy atom. The zero-order chi connectivity index (χ0) is 16.1. The van der Waals surface area contributed by atoms with E-state index in [0.717, 1.165) is 16.7 Å². The first-order valence-electron chi connectivity index (χ1n) is 7.52. The van der Waals surface area contributed by atoms with Gasteiger partial charge in [-0.15, -0.1) is 12.4 Å². The molecule has 0 aliphatic rings. The SMILES string of the molecule is Cl.NCc1ccc(F)c(-c2cccc(OCc3ccccc3)c2)c1. The average molecular weight is 344 g/mol. The van der Waals surface area contributed by atoms with E-state index in [1.165, 1.54) is 6.07 Å². The predicted molar refractivity (Wildman–Crippen MR) is 97.7 cm³/mol. The summed E-state index contributed by atoms with van der Waals surface area (Å²) >= 11 is 0. The Morgan fingerprint density at radius 1 is 0.833 bits per heavy atom. The molecule has 24 heavy (non-hydrogen) atoms. The second kappa shape index (κ2) is 8.48. The Hall–Kier alpha value is -2.36. The molecule has 0 unspecified atom stereocenters. The monoisotopic (exact) mass is 343 g/mol. The molecular weight excluding hydrogens is 325 g/mol. The lowest BCUT2D eigenvalue weighted by atomic mass is 10.0. The van der Waals surface area contributed by atoms with Gasteiger partial charge in [-0.25, -0.2) is 4.39 Å². The smallest absolute Gasteiger partial charge is 0.131 e. The molecule has 0 bridgehead atoms. The van der Waals surface area contributed by atoms with Crippen molar-refractivity contribution in [3.63, 3.8) is 0 Å². The van der Waals surface area contributed by atoms with Crippen molar-refractivity contribution in [3.8, 4) is 16.9 Å². The standard InChI is InChI=1S/C20H18FNO.ClH/c21-20-10-9-16(13-22)11-19(20)17-7-4-8-18(12-17)23-14-15-5-2-1-3-6-15;/h1-12H,13-14,22H2;1H. The van der Waals surface area contributed by atoms with E-state index in [9.17, 15) is 4.39 Å². The summed E-state index contributed by atoms with van der Waals surface area (Å²) < 4.78 is 19.9. The zero-order valence-electron chi connectivity index (χ0n) is 13.1. The Balaban J connectivity index is 0.00000208. The minimum atomic E-state index is -0.262. The first-order chi connectivity index (χ1) is 11.3. The Labute approximate surface area is 147 Å². The van der Waals surface area contributed by atoms with Crippen LogP contribution in [0.25, 0.3) is 11.1 Å². The molecule has 0 fully saturated rings. The van der Waals surface area contributed by atoms with E-state index in [4.69, 9.17) is 10.5 Å². The van der Waals surface area contributed by atoms with Gasteiger partial charge in [-0.1, -0.05) is 48.5 Å². The molecule has 0 heterocycles. The van der Waals surface area contributed by atoms with Gasteiger partial charge in [0.15, 0.2) is 0 Å². The van der Waals surface area contributed by atoms with Gasteiger partial charge in [0.1, 0.15) is 18.2 Å². The molecule has 0 aliphatic carbocycles. The van der Waals surface area contributed by atoms with Crippen LogP contribution in [0.3, 0.4) is 0 Å². The molecule has 0 saturated heterocycles. The summed E-state index contributed by atoms with van der Waals surface area (Å²) in [7, 11) is 0. The van der Waals surface area contributed by atoms with Crippen LogP contribution in [-0.4, -0.2) is 0 Å². The molecule has 3 aromatic rings. The van der Waals surface area contributed by atoms with Gasteiger partial charge >= 0.3 is 0 Å². The van der Waals surface area contributed by atoms with Gasteiger partial charge in [0.25, 0.3) is 0 Å². The minimum absolute atomic E-state index is 0. The third-order valence-corrected chi connectivity index (χ3v) is 3.66. The lowest BCUT2D eigenvalue weighted by molar-refractivity contribution is 0.306. The van der Waals surface area contributed by atoms with E-state index in [0.29, 0.717) is 24.5 Å². The highest BCUT2D eigenvalue weighted by molar-refractivity contribution is 5.85. The number of hydrogen-bond acceptors (Lipinski definition) is 2. The van der Waals surface area contributed by atoms with E-state index < -0.39 is 0 Å².